The van der Waals surface area contributed by atoms with Crippen LogP contribution in [0.3, 0.4) is 0 Å². The molecule has 0 radical (unpaired) electrons. The zero-order valence-electron chi connectivity index (χ0n) is 13.1. The minimum absolute atomic E-state index is 0.0960. The molecular formula is C17H24BrNO2. The van der Waals surface area contributed by atoms with E-state index in [0.717, 1.165) is 23.1 Å². The molecule has 1 fully saturated rings. The fraction of sp³-hybridized carbons (Fsp3) is 0.588. The number of carbonyl (C=O) groups is 1. The van der Waals surface area contributed by atoms with Gasteiger partial charge in [-0.2, -0.15) is 0 Å². The molecule has 1 amide bonds. The molecule has 0 N–H and O–H groups in total. The first-order chi connectivity index (χ1) is 9.99. The first kappa shape index (κ1) is 16.3. The molecule has 0 heterocycles. The van der Waals surface area contributed by atoms with E-state index in [-0.39, 0.29) is 12.0 Å². The van der Waals surface area contributed by atoms with Crippen molar-refractivity contribution in [2.24, 2.45) is 0 Å². The molecule has 0 atom stereocenters. The largest absolute Gasteiger partial charge is 0.490 e. The van der Waals surface area contributed by atoms with Gasteiger partial charge in [-0.05, 0) is 60.8 Å². The Labute approximate surface area is 135 Å². The summed E-state index contributed by atoms with van der Waals surface area (Å²) < 4.78 is 6.52. The molecule has 1 aliphatic carbocycles. The van der Waals surface area contributed by atoms with E-state index in [0.29, 0.717) is 11.6 Å². The Morgan fingerprint density at radius 2 is 1.95 bits per heavy atom. The summed E-state index contributed by atoms with van der Waals surface area (Å²) in [6.45, 7) is 3.98. The second kappa shape index (κ2) is 7.30. The van der Waals surface area contributed by atoms with Crippen LogP contribution in [0.2, 0.25) is 0 Å². The lowest BCUT2D eigenvalue weighted by Gasteiger charge is -2.31. The summed E-state index contributed by atoms with van der Waals surface area (Å²) in [6.07, 6.45) is 6.12. The Balaban J connectivity index is 2.09. The van der Waals surface area contributed by atoms with Gasteiger partial charge < -0.3 is 9.64 Å². The van der Waals surface area contributed by atoms with Crippen molar-refractivity contribution in [3.05, 3.63) is 28.2 Å². The third-order valence-corrected chi connectivity index (χ3v) is 4.60. The molecule has 1 aliphatic rings. The molecule has 21 heavy (non-hydrogen) atoms. The zero-order valence-corrected chi connectivity index (χ0v) is 14.6. The van der Waals surface area contributed by atoms with E-state index in [1.807, 2.05) is 44.0 Å². The topological polar surface area (TPSA) is 29.5 Å². The number of hydrogen-bond acceptors (Lipinski definition) is 2. The van der Waals surface area contributed by atoms with Crippen LogP contribution < -0.4 is 4.74 Å². The van der Waals surface area contributed by atoms with Gasteiger partial charge >= 0.3 is 0 Å². The van der Waals surface area contributed by atoms with E-state index in [4.69, 9.17) is 4.74 Å². The number of rotatable bonds is 4. The maximum absolute atomic E-state index is 12.6. The van der Waals surface area contributed by atoms with Gasteiger partial charge in [0, 0.05) is 18.7 Å². The van der Waals surface area contributed by atoms with E-state index in [2.05, 4.69) is 15.9 Å². The highest BCUT2D eigenvalue weighted by molar-refractivity contribution is 9.10. The fourth-order valence-electron chi connectivity index (χ4n) is 2.82. The standard InChI is InChI=1S/C17H24BrNO2/c1-12(2)21-16-10-9-13(11-15(16)18)17(20)19(3)14-7-5-4-6-8-14/h9-12,14H,4-8H2,1-3H3. The van der Waals surface area contributed by atoms with Gasteiger partial charge in [-0.15, -0.1) is 0 Å². The molecular weight excluding hydrogens is 330 g/mol. The summed E-state index contributed by atoms with van der Waals surface area (Å²) in [5.41, 5.74) is 0.714. The van der Waals surface area contributed by atoms with Crippen LogP contribution in [0.4, 0.5) is 0 Å². The minimum Gasteiger partial charge on any atom is -0.490 e. The van der Waals surface area contributed by atoms with Crippen LogP contribution in [0, 0.1) is 0 Å². The molecule has 3 nitrogen and oxygen atoms in total. The van der Waals surface area contributed by atoms with Crippen molar-refractivity contribution < 1.29 is 9.53 Å². The van der Waals surface area contributed by atoms with Crippen molar-refractivity contribution in [1.29, 1.82) is 0 Å². The monoisotopic (exact) mass is 353 g/mol. The second-order valence-corrected chi connectivity index (χ2v) is 6.87. The van der Waals surface area contributed by atoms with Gasteiger partial charge in [-0.25, -0.2) is 0 Å². The smallest absolute Gasteiger partial charge is 0.253 e. The predicted octanol–water partition coefficient (Wildman–Crippen LogP) is 4.64. The molecule has 1 aromatic rings. The maximum Gasteiger partial charge on any atom is 0.253 e. The second-order valence-electron chi connectivity index (χ2n) is 6.02. The van der Waals surface area contributed by atoms with Gasteiger partial charge in [0.05, 0.1) is 10.6 Å². The number of halogens is 1. The van der Waals surface area contributed by atoms with Gasteiger partial charge in [0.15, 0.2) is 0 Å². The van der Waals surface area contributed by atoms with Gasteiger partial charge in [0.25, 0.3) is 5.91 Å². The van der Waals surface area contributed by atoms with E-state index < -0.39 is 0 Å². The van der Waals surface area contributed by atoms with Crippen molar-refractivity contribution in [1.82, 2.24) is 4.90 Å². The lowest BCUT2D eigenvalue weighted by molar-refractivity contribution is 0.0696. The van der Waals surface area contributed by atoms with Crippen molar-refractivity contribution in [3.8, 4) is 5.75 Å². The highest BCUT2D eigenvalue weighted by atomic mass is 79.9. The van der Waals surface area contributed by atoms with E-state index >= 15 is 0 Å². The van der Waals surface area contributed by atoms with Gasteiger partial charge in [0.1, 0.15) is 5.75 Å². The average Bonchev–Trinajstić information content (AvgIpc) is 2.48. The first-order valence-electron chi connectivity index (χ1n) is 7.72. The summed E-state index contributed by atoms with van der Waals surface area (Å²) >= 11 is 3.49. The lowest BCUT2D eigenvalue weighted by atomic mass is 9.94. The highest BCUT2D eigenvalue weighted by Gasteiger charge is 2.23. The summed E-state index contributed by atoms with van der Waals surface area (Å²) in [6, 6.07) is 5.96. The Bertz CT molecular complexity index is 496. The average molecular weight is 354 g/mol. The van der Waals surface area contributed by atoms with Crippen LogP contribution >= 0.6 is 15.9 Å². The molecule has 2 rings (SSSR count). The number of carbonyl (C=O) groups excluding carboxylic acids is 1. The molecule has 0 aliphatic heterocycles. The van der Waals surface area contributed by atoms with Crippen molar-refractivity contribution in [2.75, 3.05) is 7.05 Å². The molecule has 0 spiro atoms. The zero-order chi connectivity index (χ0) is 15.4. The van der Waals surface area contributed by atoms with Crippen LogP contribution in [0.1, 0.15) is 56.3 Å². The SMILES string of the molecule is CC(C)Oc1ccc(C(=O)N(C)C2CCCCC2)cc1Br. The summed E-state index contributed by atoms with van der Waals surface area (Å²) in [7, 11) is 1.92. The van der Waals surface area contributed by atoms with Crippen LogP contribution in [0.25, 0.3) is 0 Å². The molecule has 0 bridgehead atoms. The Morgan fingerprint density at radius 1 is 1.29 bits per heavy atom. The Hall–Kier alpha value is -1.03. The molecule has 4 heteroatoms. The lowest BCUT2D eigenvalue weighted by Crippen LogP contribution is -2.38. The minimum atomic E-state index is 0.0960. The van der Waals surface area contributed by atoms with Crippen LogP contribution in [0.5, 0.6) is 5.75 Å². The van der Waals surface area contributed by atoms with Crippen molar-refractivity contribution >= 4 is 21.8 Å². The van der Waals surface area contributed by atoms with E-state index in [1.54, 1.807) is 0 Å². The van der Waals surface area contributed by atoms with Gasteiger partial charge in [-0.1, -0.05) is 19.3 Å². The Morgan fingerprint density at radius 3 is 2.52 bits per heavy atom. The first-order valence-corrected chi connectivity index (χ1v) is 8.51. The van der Waals surface area contributed by atoms with Gasteiger partial charge in [0.2, 0.25) is 0 Å². The quantitative estimate of drug-likeness (QED) is 0.788. The summed E-state index contributed by atoms with van der Waals surface area (Å²) in [5.74, 6) is 0.876. The van der Waals surface area contributed by atoms with E-state index in [9.17, 15) is 4.79 Å². The number of ether oxygens (including phenoxy) is 1. The molecule has 0 unspecified atom stereocenters. The number of nitrogens with zero attached hydrogens (tertiary/aromatic N) is 1. The third-order valence-electron chi connectivity index (χ3n) is 3.98. The number of amides is 1. The Kier molecular flexibility index (Phi) is 5.68. The molecule has 0 aromatic heterocycles. The highest BCUT2D eigenvalue weighted by Crippen LogP contribution is 2.28. The van der Waals surface area contributed by atoms with Gasteiger partial charge in [-0.3, -0.25) is 4.79 Å². The predicted molar refractivity (Wildman–Crippen MR) is 88.9 cm³/mol. The van der Waals surface area contributed by atoms with Crippen molar-refractivity contribution in [2.45, 2.75) is 58.1 Å². The summed E-state index contributed by atoms with van der Waals surface area (Å²) in [5, 5.41) is 0. The number of hydrogen-bond donors (Lipinski definition) is 0. The van der Waals surface area contributed by atoms with Crippen LogP contribution in [-0.2, 0) is 0 Å². The molecule has 0 saturated heterocycles. The van der Waals surface area contributed by atoms with Crippen molar-refractivity contribution in [3.63, 3.8) is 0 Å². The van der Waals surface area contributed by atoms with E-state index in [1.165, 1.54) is 19.3 Å². The van der Waals surface area contributed by atoms with Crippen LogP contribution in [-0.4, -0.2) is 30.0 Å². The molecule has 116 valence electrons. The maximum atomic E-state index is 12.6. The van der Waals surface area contributed by atoms with Crippen LogP contribution in [0.15, 0.2) is 22.7 Å². The third kappa shape index (κ3) is 4.22. The summed E-state index contributed by atoms with van der Waals surface area (Å²) in [4.78, 5) is 14.5. The normalized spacial score (nSPS) is 16.0. The number of benzene rings is 1. The molecule has 1 aromatic carbocycles. The fourth-order valence-corrected chi connectivity index (χ4v) is 3.29. The molecule has 1 saturated carbocycles.